The van der Waals surface area contributed by atoms with E-state index in [1.807, 2.05) is 6.92 Å². The van der Waals surface area contributed by atoms with Crippen LogP contribution in [0.4, 0.5) is 4.39 Å². The number of nitrogens with one attached hydrogen (secondary N) is 1. The van der Waals surface area contributed by atoms with Gasteiger partial charge in [-0.15, -0.1) is 0 Å². The summed E-state index contributed by atoms with van der Waals surface area (Å²) in [6.45, 7) is 8.64. The maximum absolute atomic E-state index is 14.2. The Bertz CT molecular complexity index is 997. The maximum Gasteiger partial charge on any atom is 0.303 e. The summed E-state index contributed by atoms with van der Waals surface area (Å²) in [7, 11) is 0. The van der Waals surface area contributed by atoms with Gasteiger partial charge in [0.2, 0.25) is 0 Å². The van der Waals surface area contributed by atoms with Crippen LogP contribution in [0, 0.1) is 18.7 Å². The van der Waals surface area contributed by atoms with Gasteiger partial charge in [0.05, 0.1) is 18.8 Å². The number of aliphatic hydroxyl groups excluding tert-OH is 1. The van der Waals surface area contributed by atoms with Gasteiger partial charge in [0.25, 0.3) is 0 Å². The van der Waals surface area contributed by atoms with E-state index in [2.05, 4.69) is 43.4 Å². The smallest absolute Gasteiger partial charge is 0.303 e. The van der Waals surface area contributed by atoms with E-state index in [4.69, 9.17) is 9.84 Å². The molecule has 0 fully saturated rings. The fourth-order valence-electron chi connectivity index (χ4n) is 5.43. The van der Waals surface area contributed by atoms with Crippen LogP contribution in [-0.2, 0) is 28.8 Å². The van der Waals surface area contributed by atoms with E-state index in [1.54, 1.807) is 13.0 Å². The molecule has 3 N–H and O–H groups in total. The first-order valence-corrected chi connectivity index (χ1v) is 13.2. The molecule has 2 aromatic rings. The Kier molecular flexibility index (Phi) is 10.1. The minimum absolute atomic E-state index is 0.101. The van der Waals surface area contributed by atoms with E-state index in [1.165, 1.54) is 17.2 Å². The average Bonchev–Trinajstić information content (AvgIpc) is 3.22. The largest absolute Gasteiger partial charge is 0.481 e. The van der Waals surface area contributed by atoms with Crippen LogP contribution in [0.15, 0.2) is 36.4 Å². The third-order valence-corrected chi connectivity index (χ3v) is 7.36. The number of carboxylic acids is 1. The second-order valence-corrected chi connectivity index (χ2v) is 11.0. The number of aliphatic hydroxyl groups is 1. The number of carbonyl (C=O) groups is 1. The van der Waals surface area contributed by atoms with Crippen molar-refractivity contribution in [3.63, 3.8) is 0 Å². The molecule has 2 atom stereocenters. The zero-order valence-corrected chi connectivity index (χ0v) is 22.1. The highest BCUT2D eigenvalue weighted by atomic mass is 19.1. The van der Waals surface area contributed by atoms with Crippen molar-refractivity contribution in [3.05, 3.63) is 70.0 Å². The second-order valence-electron chi connectivity index (χ2n) is 11.0. The molecular weight excluding hydrogens is 457 g/mol. The molecule has 0 heterocycles. The van der Waals surface area contributed by atoms with Crippen molar-refractivity contribution in [1.82, 2.24) is 5.32 Å². The van der Waals surface area contributed by atoms with Crippen LogP contribution >= 0.6 is 0 Å². The molecule has 0 spiro atoms. The van der Waals surface area contributed by atoms with Gasteiger partial charge in [-0.2, -0.15) is 0 Å². The summed E-state index contributed by atoms with van der Waals surface area (Å²) in [5.74, 6) is -0.480. The molecule has 1 aliphatic rings. The normalized spacial score (nSPS) is 15.6. The van der Waals surface area contributed by atoms with E-state index >= 15 is 0 Å². The van der Waals surface area contributed by atoms with Crippen molar-refractivity contribution in [1.29, 1.82) is 0 Å². The number of hydrogen-bond donors (Lipinski definition) is 3. The number of hydrogen-bond acceptors (Lipinski definition) is 4. The van der Waals surface area contributed by atoms with E-state index < -0.39 is 12.1 Å². The predicted molar refractivity (Wildman–Crippen MR) is 141 cm³/mol. The van der Waals surface area contributed by atoms with Crippen LogP contribution in [0.1, 0.15) is 80.4 Å². The van der Waals surface area contributed by atoms with Gasteiger partial charge >= 0.3 is 5.97 Å². The highest BCUT2D eigenvalue weighted by Crippen LogP contribution is 2.32. The molecule has 36 heavy (non-hydrogen) atoms. The lowest BCUT2D eigenvalue weighted by molar-refractivity contribution is -0.137. The Morgan fingerprint density at radius 3 is 2.47 bits per heavy atom. The van der Waals surface area contributed by atoms with Crippen LogP contribution in [0.5, 0.6) is 0 Å². The molecule has 0 saturated heterocycles. The first-order chi connectivity index (χ1) is 17.1. The Hall–Kier alpha value is -2.28. The fraction of sp³-hybridized carbons (Fsp3) is 0.567. The molecule has 0 aliphatic heterocycles. The predicted octanol–water partition coefficient (Wildman–Crippen LogP) is 5.54. The number of halogens is 1. The molecule has 3 rings (SSSR count). The average molecular weight is 500 g/mol. The summed E-state index contributed by atoms with van der Waals surface area (Å²) in [6.07, 6.45) is 4.22. The molecule has 198 valence electrons. The summed E-state index contributed by atoms with van der Waals surface area (Å²) >= 11 is 0. The Morgan fingerprint density at radius 1 is 1.17 bits per heavy atom. The highest BCUT2D eigenvalue weighted by Gasteiger charge is 2.28. The van der Waals surface area contributed by atoms with Crippen molar-refractivity contribution in [3.8, 4) is 0 Å². The number of ether oxygens (including phenoxy) is 1. The summed E-state index contributed by atoms with van der Waals surface area (Å²) in [5, 5.41) is 23.0. The lowest BCUT2D eigenvalue weighted by Crippen LogP contribution is -2.45. The molecule has 0 radical (unpaired) electrons. The van der Waals surface area contributed by atoms with Gasteiger partial charge in [0, 0.05) is 18.5 Å². The monoisotopic (exact) mass is 499 g/mol. The van der Waals surface area contributed by atoms with Crippen molar-refractivity contribution in [2.24, 2.45) is 5.92 Å². The number of benzene rings is 2. The van der Waals surface area contributed by atoms with Gasteiger partial charge in [0.15, 0.2) is 0 Å². The van der Waals surface area contributed by atoms with Crippen LogP contribution in [0.2, 0.25) is 0 Å². The van der Waals surface area contributed by atoms with Gasteiger partial charge < -0.3 is 20.3 Å². The van der Waals surface area contributed by atoms with Crippen molar-refractivity contribution in [2.45, 2.75) is 90.4 Å². The van der Waals surface area contributed by atoms with E-state index in [0.29, 0.717) is 37.3 Å². The quantitative estimate of drug-likeness (QED) is 0.297. The van der Waals surface area contributed by atoms with Crippen LogP contribution in [0.25, 0.3) is 0 Å². The lowest BCUT2D eigenvalue weighted by Gasteiger charge is -2.31. The van der Waals surface area contributed by atoms with Crippen LogP contribution in [-0.4, -0.2) is 41.0 Å². The minimum Gasteiger partial charge on any atom is -0.481 e. The molecule has 0 saturated carbocycles. The molecular formula is C30H42FNO4. The summed E-state index contributed by atoms with van der Waals surface area (Å²) < 4.78 is 20.2. The van der Waals surface area contributed by atoms with Crippen molar-refractivity contribution < 1.29 is 24.1 Å². The molecule has 0 aromatic heterocycles. The molecule has 2 aromatic carbocycles. The Labute approximate surface area is 215 Å². The second kappa shape index (κ2) is 12.8. The number of unbranched alkanes of at least 4 members (excludes halogenated alkanes) is 1. The van der Waals surface area contributed by atoms with Crippen molar-refractivity contribution in [2.75, 3.05) is 13.2 Å². The van der Waals surface area contributed by atoms with E-state index in [9.17, 15) is 14.3 Å². The van der Waals surface area contributed by atoms with Gasteiger partial charge in [0.1, 0.15) is 5.82 Å². The fourth-order valence-corrected chi connectivity index (χ4v) is 5.43. The van der Waals surface area contributed by atoms with E-state index in [-0.39, 0.29) is 30.5 Å². The topological polar surface area (TPSA) is 78.8 Å². The molecule has 5 nitrogen and oxygen atoms in total. The number of rotatable bonds is 14. The highest BCUT2D eigenvalue weighted by molar-refractivity contribution is 5.66. The number of aliphatic carboxylic acids is 1. The number of carboxylic acid groups (broad SMARTS) is 1. The lowest BCUT2D eigenvalue weighted by atomic mass is 9.88. The third-order valence-electron chi connectivity index (χ3n) is 7.36. The van der Waals surface area contributed by atoms with Gasteiger partial charge in [-0.05, 0) is 106 Å². The number of fused-ring (bicyclic) bond motifs is 1. The van der Waals surface area contributed by atoms with Crippen LogP contribution in [0.3, 0.4) is 0 Å². The molecule has 0 bridgehead atoms. The summed E-state index contributed by atoms with van der Waals surface area (Å²) in [5.41, 5.74) is 5.16. The number of β-amino-alcohol motifs (C(OH)–C–C–N with tert-alkyl or cyclic N) is 1. The van der Waals surface area contributed by atoms with Gasteiger partial charge in [-0.1, -0.05) is 30.3 Å². The summed E-state index contributed by atoms with van der Waals surface area (Å²) in [6, 6.07) is 11.9. The van der Waals surface area contributed by atoms with Gasteiger partial charge in [-0.25, -0.2) is 4.39 Å². The molecule has 6 heteroatoms. The molecule has 1 aliphatic carbocycles. The Balaban J connectivity index is 1.47. The first kappa shape index (κ1) is 28.3. The van der Waals surface area contributed by atoms with Crippen molar-refractivity contribution >= 4 is 5.97 Å². The summed E-state index contributed by atoms with van der Waals surface area (Å²) in [4.78, 5) is 10.8. The standard InChI is InChI=1S/C30H42FNO4/c1-20-26(11-7-8-12-29(34)35)27(13-14-28(20)31)21(2)36-19-25(33)18-32-30(3,4)17-22-15-23-9-5-6-10-24(23)16-22/h5-6,9-10,13-14,21-22,25,32-33H,7-8,11-12,15-19H2,1-4H3,(H,34,35)/t21-,25-/m1/s1. The molecule has 0 unspecified atom stereocenters. The Morgan fingerprint density at radius 2 is 1.83 bits per heavy atom. The molecule has 0 amide bonds. The zero-order valence-electron chi connectivity index (χ0n) is 22.1. The van der Waals surface area contributed by atoms with E-state index in [0.717, 1.165) is 30.4 Å². The third kappa shape index (κ3) is 8.12. The van der Waals surface area contributed by atoms with Gasteiger partial charge in [-0.3, -0.25) is 4.79 Å². The zero-order chi connectivity index (χ0) is 26.3. The minimum atomic E-state index is -0.818. The SMILES string of the molecule is Cc1c(F)ccc([C@@H](C)OC[C@H](O)CNC(C)(C)CC2Cc3ccccc3C2)c1CCCCC(=O)O. The maximum atomic E-state index is 14.2. The van der Waals surface area contributed by atoms with Crippen LogP contribution < -0.4 is 5.32 Å². The first-order valence-electron chi connectivity index (χ1n) is 13.2.